The number of aromatic nitrogens is 2. The van der Waals surface area contributed by atoms with Crippen molar-refractivity contribution in [3.05, 3.63) is 21.9 Å². The maximum absolute atomic E-state index is 5.96. The van der Waals surface area contributed by atoms with E-state index < -0.39 is 0 Å². The molecule has 0 saturated heterocycles. The summed E-state index contributed by atoms with van der Waals surface area (Å²) in [6, 6.07) is 2.16. The number of anilines is 1. The van der Waals surface area contributed by atoms with Crippen molar-refractivity contribution in [1.29, 1.82) is 0 Å². The van der Waals surface area contributed by atoms with Crippen LogP contribution in [0, 0.1) is 6.92 Å². The molecular formula is C11H15N3S. The van der Waals surface area contributed by atoms with Crippen LogP contribution in [-0.2, 0) is 13.5 Å². The second-order valence-electron chi connectivity index (χ2n) is 3.64. The lowest BCUT2D eigenvalue weighted by atomic mass is 10.1. The normalized spacial score (nSPS) is 10.9. The van der Waals surface area contributed by atoms with Crippen LogP contribution < -0.4 is 5.73 Å². The fourth-order valence-electron chi connectivity index (χ4n) is 1.73. The molecule has 0 fully saturated rings. The molecule has 0 amide bonds. The van der Waals surface area contributed by atoms with Gasteiger partial charge in [-0.2, -0.15) is 5.10 Å². The van der Waals surface area contributed by atoms with E-state index in [1.807, 2.05) is 7.05 Å². The Hall–Kier alpha value is -1.29. The summed E-state index contributed by atoms with van der Waals surface area (Å²) in [4.78, 5) is 1.30. The molecule has 0 aromatic carbocycles. The van der Waals surface area contributed by atoms with Gasteiger partial charge in [0.25, 0.3) is 0 Å². The summed E-state index contributed by atoms with van der Waals surface area (Å²) in [6.45, 7) is 4.21. The number of nitrogens with two attached hydrogens (primary N) is 1. The minimum absolute atomic E-state index is 0.774. The number of rotatable bonds is 2. The van der Waals surface area contributed by atoms with Gasteiger partial charge in [-0.25, -0.2) is 0 Å². The third-order valence-electron chi connectivity index (χ3n) is 2.55. The lowest BCUT2D eigenvalue weighted by molar-refractivity contribution is 0.782. The first kappa shape index (κ1) is 10.2. The highest BCUT2D eigenvalue weighted by atomic mass is 32.1. The second-order valence-corrected chi connectivity index (χ2v) is 4.75. The molecule has 2 rings (SSSR count). The minimum Gasteiger partial charge on any atom is -0.384 e. The van der Waals surface area contributed by atoms with E-state index in [4.69, 9.17) is 5.73 Å². The van der Waals surface area contributed by atoms with Crippen molar-refractivity contribution < 1.29 is 0 Å². The Kier molecular flexibility index (Phi) is 2.52. The fraction of sp³-hybridized carbons (Fsp3) is 0.364. The van der Waals surface area contributed by atoms with Crippen molar-refractivity contribution in [2.75, 3.05) is 5.73 Å². The molecule has 4 heteroatoms. The van der Waals surface area contributed by atoms with Gasteiger partial charge in [0, 0.05) is 28.4 Å². The van der Waals surface area contributed by atoms with E-state index in [9.17, 15) is 0 Å². The molecule has 0 aliphatic carbocycles. The molecule has 0 bridgehead atoms. The average Bonchev–Trinajstić information content (AvgIpc) is 2.73. The molecule has 0 aliphatic heterocycles. The predicted molar refractivity (Wildman–Crippen MR) is 65.0 cm³/mol. The van der Waals surface area contributed by atoms with Crippen molar-refractivity contribution in [2.45, 2.75) is 20.3 Å². The molecule has 0 atom stereocenters. The largest absolute Gasteiger partial charge is 0.384 e. The molecule has 2 heterocycles. The van der Waals surface area contributed by atoms with E-state index in [2.05, 4.69) is 30.4 Å². The average molecular weight is 221 g/mol. The Balaban J connectivity index is 2.57. The molecule has 15 heavy (non-hydrogen) atoms. The van der Waals surface area contributed by atoms with Crippen molar-refractivity contribution in [3.63, 3.8) is 0 Å². The summed E-state index contributed by atoms with van der Waals surface area (Å²) in [6.07, 6.45) is 0.921. The molecule has 2 N–H and O–H groups in total. The first-order chi connectivity index (χ1) is 7.13. The van der Waals surface area contributed by atoms with E-state index in [-0.39, 0.29) is 0 Å². The molecule has 0 aliphatic rings. The maximum atomic E-state index is 5.96. The van der Waals surface area contributed by atoms with Gasteiger partial charge in [-0.05, 0) is 19.4 Å². The van der Waals surface area contributed by atoms with Gasteiger partial charge >= 0.3 is 0 Å². The van der Waals surface area contributed by atoms with Crippen LogP contribution in [0.25, 0.3) is 11.3 Å². The predicted octanol–water partition coefficient (Wildman–Crippen LogP) is 2.60. The molecule has 2 aromatic heterocycles. The number of aryl methyl sites for hydroxylation is 2. The van der Waals surface area contributed by atoms with Crippen molar-refractivity contribution >= 4 is 17.2 Å². The number of thiophene rings is 1. The lowest BCUT2D eigenvalue weighted by Crippen LogP contribution is -1.98. The van der Waals surface area contributed by atoms with Crippen LogP contribution >= 0.6 is 11.3 Å². The summed E-state index contributed by atoms with van der Waals surface area (Å²) < 4.78 is 1.75. The third kappa shape index (κ3) is 1.65. The molecule has 3 nitrogen and oxygen atoms in total. The zero-order valence-electron chi connectivity index (χ0n) is 9.24. The zero-order valence-corrected chi connectivity index (χ0v) is 10.1. The summed E-state index contributed by atoms with van der Waals surface area (Å²) in [5.41, 5.74) is 9.32. The van der Waals surface area contributed by atoms with Gasteiger partial charge in [0.15, 0.2) is 0 Å². The highest BCUT2D eigenvalue weighted by molar-refractivity contribution is 7.10. The van der Waals surface area contributed by atoms with E-state index in [1.165, 1.54) is 10.4 Å². The quantitative estimate of drug-likeness (QED) is 0.847. The lowest BCUT2D eigenvalue weighted by Gasteiger charge is -1.97. The smallest absolute Gasteiger partial charge is 0.125 e. The molecule has 80 valence electrons. The van der Waals surface area contributed by atoms with Crippen LogP contribution in [0.1, 0.15) is 17.4 Å². The van der Waals surface area contributed by atoms with Gasteiger partial charge in [0.1, 0.15) is 5.82 Å². The fourth-order valence-corrected chi connectivity index (χ4v) is 2.42. The maximum Gasteiger partial charge on any atom is 0.125 e. The molecule has 0 spiro atoms. The molecule has 2 aromatic rings. The van der Waals surface area contributed by atoms with Crippen LogP contribution in [0.4, 0.5) is 5.82 Å². The van der Waals surface area contributed by atoms with Crippen LogP contribution in [0.15, 0.2) is 11.4 Å². The van der Waals surface area contributed by atoms with Crippen molar-refractivity contribution in [1.82, 2.24) is 9.78 Å². The monoisotopic (exact) mass is 221 g/mol. The first-order valence-electron chi connectivity index (χ1n) is 5.00. The SMILES string of the molecule is CCc1c(-c2csc(C)c2)nn(C)c1N. The van der Waals surface area contributed by atoms with Crippen molar-refractivity contribution in [2.24, 2.45) is 7.05 Å². The van der Waals surface area contributed by atoms with Crippen molar-refractivity contribution in [3.8, 4) is 11.3 Å². The minimum atomic E-state index is 0.774. The first-order valence-corrected chi connectivity index (χ1v) is 5.88. The molecule has 0 saturated carbocycles. The van der Waals surface area contributed by atoms with Gasteiger partial charge < -0.3 is 5.73 Å². The Labute approximate surface area is 93.5 Å². The number of nitrogen functional groups attached to an aromatic ring is 1. The van der Waals surface area contributed by atoms with E-state index >= 15 is 0 Å². The molecular weight excluding hydrogens is 206 g/mol. The van der Waals surface area contributed by atoms with Gasteiger partial charge in [-0.15, -0.1) is 11.3 Å². The summed E-state index contributed by atoms with van der Waals surface area (Å²) in [7, 11) is 1.89. The zero-order chi connectivity index (χ0) is 11.0. The summed E-state index contributed by atoms with van der Waals surface area (Å²) >= 11 is 1.74. The van der Waals surface area contributed by atoms with Gasteiger partial charge in [0.05, 0.1) is 5.69 Å². The Morgan fingerprint density at radius 3 is 2.80 bits per heavy atom. The van der Waals surface area contributed by atoms with Crippen LogP contribution in [0.2, 0.25) is 0 Å². The van der Waals surface area contributed by atoms with Gasteiger partial charge in [0.2, 0.25) is 0 Å². The Bertz CT molecular complexity index is 482. The summed E-state index contributed by atoms with van der Waals surface area (Å²) in [5, 5.41) is 6.60. The number of hydrogen-bond donors (Lipinski definition) is 1. The third-order valence-corrected chi connectivity index (χ3v) is 3.41. The molecule has 0 radical (unpaired) electrons. The van der Waals surface area contributed by atoms with E-state index in [0.717, 1.165) is 23.5 Å². The van der Waals surface area contributed by atoms with E-state index in [0.29, 0.717) is 0 Å². The highest BCUT2D eigenvalue weighted by Gasteiger charge is 2.14. The standard InChI is InChI=1S/C11H15N3S/c1-4-9-10(13-14(3)11(9)12)8-5-7(2)15-6-8/h5-6H,4,12H2,1-3H3. The molecule has 0 unspecified atom stereocenters. The highest BCUT2D eigenvalue weighted by Crippen LogP contribution is 2.30. The topological polar surface area (TPSA) is 43.8 Å². The van der Waals surface area contributed by atoms with Crippen LogP contribution in [-0.4, -0.2) is 9.78 Å². The van der Waals surface area contributed by atoms with Gasteiger partial charge in [-0.3, -0.25) is 4.68 Å². The van der Waals surface area contributed by atoms with Gasteiger partial charge in [-0.1, -0.05) is 6.92 Å². The number of hydrogen-bond acceptors (Lipinski definition) is 3. The Morgan fingerprint density at radius 2 is 2.27 bits per heavy atom. The van der Waals surface area contributed by atoms with E-state index in [1.54, 1.807) is 16.0 Å². The van der Waals surface area contributed by atoms with Crippen LogP contribution in [0.5, 0.6) is 0 Å². The summed E-state index contributed by atoms with van der Waals surface area (Å²) in [5.74, 6) is 0.774. The Morgan fingerprint density at radius 1 is 1.53 bits per heavy atom. The second kappa shape index (κ2) is 3.70. The van der Waals surface area contributed by atoms with Crippen LogP contribution in [0.3, 0.4) is 0 Å². The number of nitrogens with zero attached hydrogens (tertiary/aromatic N) is 2.